The Kier molecular flexibility index (Phi) is 6.92. The normalized spacial score (nSPS) is 25.4. The predicted molar refractivity (Wildman–Crippen MR) is 145 cm³/mol. The number of carbonyl (C=O) groups excluding carboxylic acids is 1. The number of carbonyl (C=O) groups is 1. The number of piperidine rings is 1. The lowest BCUT2D eigenvalue weighted by Gasteiger charge is -2.44. The third-order valence-corrected chi connectivity index (χ3v) is 7.97. The second kappa shape index (κ2) is 9.75. The summed E-state index contributed by atoms with van der Waals surface area (Å²) in [4.78, 5) is 24.4. The first-order chi connectivity index (χ1) is 17.5. The SMILES string of the molecule is CSc1nc2c(c(N3CCC[C@@](C)(O)C3)n1)COC1(CCCc3ccc(NC(=O)OC(C)(C)C)cc31)C2. The molecule has 0 saturated carbocycles. The largest absolute Gasteiger partial charge is 0.444 e. The molecule has 5 rings (SSSR count). The molecule has 2 N–H and O–H groups in total. The van der Waals surface area contributed by atoms with E-state index in [2.05, 4.69) is 16.3 Å². The van der Waals surface area contributed by atoms with Crippen LogP contribution in [0.5, 0.6) is 0 Å². The first kappa shape index (κ1) is 26.3. The number of thioether (sulfide) groups is 1. The van der Waals surface area contributed by atoms with Gasteiger partial charge in [-0.3, -0.25) is 5.32 Å². The van der Waals surface area contributed by atoms with Crippen LogP contribution >= 0.6 is 11.8 Å². The van der Waals surface area contributed by atoms with Gasteiger partial charge in [0.25, 0.3) is 0 Å². The molecule has 8 nitrogen and oxygen atoms in total. The van der Waals surface area contributed by atoms with Gasteiger partial charge in [-0.15, -0.1) is 0 Å². The number of anilines is 2. The first-order valence-electron chi connectivity index (χ1n) is 13.2. The lowest BCUT2D eigenvalue weighted by molar-refractivity contribution is -0.0856. The van der Waals surface area contributed by atoms with Crippen molar-refractivity contribution in [1.82, 2.24) is 9.97 Å². The van der Waals surface area contributed by atoms with Crippen molar-refractivity contribution in [3.8, 4) is 0 Å². The Morgan fingerprint density at radius 2 is 2.05 bits per heavy atom. The van der Waals surface area contributed by atoms with Gasteiger partial charge < -0.3 is 19.5 Å². The van der Waals surface area contributed by atoms with E-state index in [1.54, 1.807) is 11.8 Å². The van der Waals surface area contributed by atoms with Crippen LogP contribution in [0.25, 0.3) is 0 Å². The molecule has 200 valence electrons. The number of hydrogen-bond donors (Lipinski definition) is 2. The number of aliphatic hydroxyl groups is 1. The highest BCUT2D eigenvalue weighted by atomic mass is 32.2. The standard InChI is InChI=1S/C28H38N4O4S/c1-26(2,3)36-25(33)29-19-10-9-18-8-6-12-28(21(18)14-19)15-22-20(16-35-28)23(31-24(30-22)37-5)32-13-7-11-27(4,34)17-32/h9-10,14,34H,6-8,11-13,15-17H2,1-5H3,(H,29,33)/t27-,28?/m1/s1. The topological polar surface area (TPSA) is 96.8 Å². The van der Waals surface area contributed by atoms with Crippen molar-refractivity contribution in [2.75, 3.05) is 29.6 Å². The summed E-state index contributed by atoms with van der Waals surface area (Å²) in [6, 6.07) is 6.08. The van der Waals surface area contributed by atoms with E-state index in [4.69, 9.17) is 19.4 Å². The molecule has 1 fully saturated rings. The molecule has 1 aromatic carbocycles. The third-order valence-electron chi connectivity index (χ3n) is 7.43. The third kappa shape index (κ3) is 5.59. The second-order valence-electron chi connectivity index (χ2n) is 11.8. The number of amides is 1. The maximum Gasteiger partial charge on any atom is 0.412 e. The Labute approximate surface area is 223 Å². The average molecular weight is 527 g/mol. The molecule has 0 radical (unpaired) electrons. The number of fused-ring (bicyclic) bond motifs is 3. The molecule has 3 heterocycles. The second-order valence-corrected chi connectivity index (χ2v) is 12.6. The summed E-state index contributed by atoms with van der Waals surface area (Å²) in [6.07, 6.45) is 6.80. The van der Waals surface area contributed by atoms with Crippen molar-refractivity contribution in [3.05, 3.63) is 40.6 Å². The van der Waals surface area contributed by atoms with Gasteiger partial charge in [0.1, 0.15) is 11.4 Å². The van der Waals surface area contributed by atoms with Crippen LogP contribution in [-0.4, -0.2) is 51.7 Å². The van der Waals surface area contributed by atoms with E-state index in [0.29, 0.717) is 25.3 Å². The van der Waals surface area contributed by atoms with E-state index in [9.17, 15) is 9.90 Å². The summed E-state index contributed by atoms with van der Waals surface area (Å²) in [7, 11) is 0. The molecule has 9 heteroatoms. The van der Waals surface area contributed by atoms with Gasteiger partial charge in [0, 0.05) is 30.8 Å². The summed E-state index contributed by atoms with van der Waals surface area (Å²) in [5.74, 6) is 0.889. The van der Waals surface area contributed by atoms with E-state index >= 15 is 0 Å². The molecule has 1 unspecified atom stereocenters. The number of aryl methyl sites for hydroxylation is 1. The fraction of sp³-hybridized carbons (Fsp3) is 0.607. The highest BCUT2D eigenvalue weighted by Crippen LogP contribution is 2.47. The Hall–Kier alpha value is -2.36. The Morgan fingerprint density at radius 3 is 2.78 bits per heavy atom. The number of benzene rings is 1. The van der Waals surface area contributed by atoms with Crippen molar-refractivity contribution in [1.29, 1.82) is 0 Å². The summed E-state index contributed by atoms with van der Waals surface area (Å²) in [5.41, 5.74) is 3.31. The van der Waals surface area contributed by atoms with Crippen LogP contribution in [-0.2, 0) is 34.5 Å². The number of rotatable bonds is 3. The molecule has 2 aliphatic heterocycles. The quantitative estimate of drug-likeness (QED) is 0.416. The molecule has 0 bridgehead atoms. The van der Waals surface area contributed by atoms with Crippen LogP contribution in [0.2, 0.25) is 0 Å². The molecule has 1 amide bonds. The smallest absolute Gasteiger partial charge is 0.412 e. The number of hydrogen-bond acceptors (Lipinski definition) is 8. The van der Waals surface area contributed by atoms with Gasteiger partial charge in [0.2, 0.25) is 0 Å². The van der Waals surface area contributed by atoms with Crippen molar-refractivity contribution in [2.45, 2.75) is 94.8 Å². The van der Waals surface area contributed by atoms with Crippen molar-refractivity contribution < 1.29 is 19.4 Å². The van der Waals surface area contributed by atoms with Gasteiger partial charge in [-0.1, -0.05) is 17.8 Å². The van der Waals surface area contributed by atoms with Gasteiger partial charge in [0.05, 0.1) is 23.5 Å². The fourth-order valence-electron chi connectivity index (χ4n) is 5.83. The van der Waals surface area contributed by atoms with Crippen LogP contribution in [0.4, 0.5) is 16.3 Å². The van der Waals surface area contributed by atoms with Crippen LogP contribution in [0.1, 0.15) is 75.8 Å². The van der Waals surface area contributed by atoms with E-state index in [1.165, 1.54) is 5.56 Å². The van der Waals surface area contributed by atoms with Crippen LogP contribution in [0, 0.1) is 0 Å². The van der Waals surface area contributed by atoms with Crippen molar-refractivity contribution in [3.63, 3.8) is 0 Å². The Morgan fingerprint density at radius 1 is 1.24 bits per heavy atom. The molecule has 2 atom stereocenters. The van der Waals surface area contributed by atoms with Gasteiger partial charge >= 0.3 is 6.09 Å². The molecule has 37 heavy (non-hydrogen) atoms. The van der Waals surface area contributed by atoms with Crippen LogP contribution < -0.4 is 10.2 Å². The van der Waals surface area contributed by atoms with E-state index < -0.39 is 22.9 Å². The maximum atomic E-state index is 12.4. The Balaban J connectivity index is 1.48. The minimum Gasteiger partial charge on any atom is -0.444 e. The number of aromatic nitrogens is 2. The molecule has 1 aromatic heterocycles. The fourth-order valence-corrected chi connectivity index (χ4v) is 6.20. The molecule has 3 aliphatic rings. The van der Waals surface area contributed by atoms with E-state index in [0.717, 1.165) is 66.4 Å². The zero-order valence-corrected chi connectivity index (χ0v) is 23.3. The highest BCUT2D eigenvalue weighted by Gasteiger charge is 2.43. The molecule has 1 spiro atoms. The zero-order valence-electron chi connectivity index (χ0n) is 22.5. The van der Waals surface area contributed by atoms with Gasteiger partial charge in [-0.05, 0) is 89.3 Å². The van der Waals surface area contributed by atoms with E-state index in [-0.39, 0.29) is 0 Å². The maximum absolute atomic E-state index is 12.4. The average Bonchev–Trinajstić information content (AvgIpc) is 2.82. The number of ether oxygens (including phenoxy) is 2. The van der Waals surface area contributed by atoms with Crippen molar-refractivity contribution in [2.24, 2.45) is 0 Å². The van der Waals surface area contributed by atoms with Gasteiger partial charge in [-0.25, -0.2) is 14.8 Å². The number of nitrogens with zero attached hydrogens (tertiary/aromatic N) is 3. The van der Waals surface area contributed by atoms with Gasteiger partial charge in [0.15, 0.2) is 5.16 Å². The monoisotopic (exact) mass is 526 g/mol. The van der Waals surface area contributed by atoms with Gasteiger partial charge in [-0.2, -0.15) is 0 Å². The highest BCUT2D eigenvalue weighted by molar-refractivity contribution is 7.98. The summed E-state index contributed by atoms with van der Waals surface area (Å²) < 4.78 is 12.2. The molecular formula is C28H38N4O4S. The lowest BCUT2D eigenvalue weighted by Crippen LogP contribution is -2.47. The number of β-amino-alcohol motifs (C(OH)–C–C–N with tert-alkyl or cyclic N) is 1. The summed E-state index contributed by atoms with van der Waals surface area (Å²) in [5, 5.41) is 14.4. The summed E-state index contributed by atoms with van der Waals surface area (Å²) in [6.45, 7) is 9.29. The van der Waals surface area contributed by atoms with E-state index in [1.807, 2.05) is 46.1 Å². The predicted octanol–water partition coefficient (Wildman–Crippen LogP) is 5.20. The number of nitrogens with one attached hydrogen (secondary N) is 1. The lowest BCUT2D eigenvalue weighted by atomic mass is 9.74. The van der Waals surface area contributed by atoms with Crippen molar-refractivity contribution >= 4 is 29.4 Å². The Bertz CT molecular complexity index is 1200. The minimum atomic E-state index is -0.730. The molecular weight excluding hydrogens is 488 g/mol. The summed E-state index contributed by atoms with van der Waals surface area (Å²) >= 11 is 1.54. The van der Waals surface area contributed by atoms with Crippen LogP contribution in [0.3, 0.4) is 0 Å². The molecule has 1 saturated heterocycles. The molecule has 2 aromatic rings. The zero-order chi connectivity index (χ0) is 26.4. The first-order valence-corrected chi connectivity index (χ1v) is 14.4. The molecule has 1 aliphatic carbocycles. The minimum absolute atomic E-state index is 0.418. The van der Waals surface area contributed by atoms with Crippen LogP contribution in [0.15, 0.2) is 23.4 Å².